The second-order valence-electron chi connectivity index (χ2n) is 4.17. The summed E-state index contributed by atoms with van der Waals surface area (Å²) in [5.74, 6) is -0.899. The summed E-state index contributed by atoms with van der Waals surface area (Å²) in [5, 5.41) is 12.4. The Morgan fingerprint density at radius 3 is 2.67 bits per heavy atom. The van der Waals surface area contributed by atoms with Gasteiger partial charge in [-0.05, 0) is 37.6 Å². The first kappa shape index (κ1) is 12.6. The minimum Gasteiger partial charge on any atom is -0.478 e. The molecule has 0 amide bonds. The molecule has 94 valence electrons. The highest BCUT2D eigenvalue weighted by Crippen LogP contribution is 2.23. The summed E-state index contributed by atoms with van der Waals surface area (Å²) >= 11 is 1.72. The molecule has 0 atom stereocenters. The lowest BCUT2D eigenvalue weighted by Crippen LogP contribution is -2.07. The van der Waals surface area contributed by atoms with Crippen LogP contribution < -0.4 is 5.32 Å². The molecule has 0 fully saturated rings. The first-order valence-electron chi connectivity index (χ1n) is 5.70. The van der Waals surface area contributed by atoms with E-state index in [0.717, 1.165) is 5.56 Å². The Hall–Kier alpha value is -1.81. The maximum atomic E-state index is 11.2. The quantitative estimate of drug-likeness (QED) is 0.882. The van der Waals surface area contributed by atoms with Crippen LogP contribution in [0.5, 0.6) is 0 Å². The highest BCUT2D eigenvalue weighted by molar-refractivity contribution is 7.11. The Morgan fingerprint density at radius 1 is 1.28 bits per heavy atom. The minimum absolute atomic E-state index is 0.322. The standard InChI is InChI=1S/C14H15NO2S/c1-9-4-3-5-12(14(16)17)13(9)15-8-11-7-6-10(2)18-11/h3-7,15H,8H2,1-2H3,(H,16,17). The van der Waals surface area contributed by atoms with Crippen molar-refractivity contribution in [3.63, 3.8) is 0 Å². The van der Waals surface area contributed by atoms with Gasteiger partial charge in [0.1, 0.15) is 0 Å². The molecule has 2 N–H and O–H groups in total. The van der Waals surface area contributed by atoms with Crippen LogP contribution in [-0.2, 0) is 6.54 Å². The van der Waals surface area contributed by atoms with Gasteiger partial charge in [-0.1, -0.05) is 12.1 Å². The number of para-hydroxylation sites is 1. The number of carboxylic acid groups (broad SMARTS) is 1. The fourth-order valence-electron chi connectivity index (χ4n) is 1.84. The molecule has 2 rings (SSSR count). The number of thiophene rings is 1. The van der Waals surface area contributed by atoms with E-state index >= 15 is 0 Å². The van der Waals surface area contributed by atoms with Gasteiger partial charge in [0, 0.05) is 16.3 Å². The van der Waals surface area contributed by atoms with Crippen LogP contribution in [0.15, 0.2) is 30.3 Å². The Morgan fingerprint density at radius 2 is 2.06 bits per heavy atom. The van der Waals surface area contributed by atoms with E-state index in [1.165, 1.54) is 9.75 Å². The number of aryl methyl sites for hydroxylation is 2. The highest BCUT2D eigenvalue weighted by Gasteiger charge is 2.11. The molecule has 0 aliphatic carbocycles. The Kier molecular flexibility index (Phi) is 3.67. The lowest BCUT2D eigenvalue weighted by molar-refractivity contribution is 0.0698. The monoisotopic (exact) mass is 261 g/mol. The van der Waals surface area contributed by atoms with Crippen LogP contribution in [0.1, 0.15) is 25.7 Å². The molecule has 1 aromatic heterocycles. The Balaban J connectivity index is 2.20. The van der Waals surface area contributed by atoms with Gasteiger partial charge in [0.05, 0.1) is 11.3 Å². The zero-order chi connectivity index (χ0) is 13.1. The van der Waals surface area contributed by atoms with Crippen molar-refractivity contribution >= 4 is 23.0 Å². The molecule has 1 aromatic carbocycles. The molecular formula is C14H15NO2S. The van der Waals surface area contributed by atoms with Gasteiger partial charge in [-0.2, -0.15) is 0 Å². The molecule has 0 aliphatic heterocycles. The average Bonchev–Trinajstić information content (AvgIpc) is 2.73. The molecule has 0 aliphatic rings. The minimum atomic E-state index is -0.899. The molecule has 0 spiro atoms. The summed E-state index contributed by atoms with van der Waals surface area (Å²) in [6.45, 7) is 4.63. The number of aromatic carboxylic acids is 1. The van der Waals surface area contributed by atoms with Crippen LogP contribution in [0, 0.1) is 13.8 Å². The zero-order valence-electron chi connectivity index (χ0n) is 10.4. The van der Waals surface area contributed by atoms with Crippen molar-refractivity contribution in [2.45, 2.75) is 20.4 Å². The second kappa shape index (κ2) is 5.23. The van der Waals surface area contributed by atoms with Crippen LogP contribution in [-0.4, -0.2) is 11.1 Å². The van der Waals surface area contributed by atoms with Crippen molar-refractivity contribution in [1.82, 2.24) is 0 Å². The Bertz CT molecular complexity index is 575. The summed E-state index contributed by atoms with van der Waals surface area (Å²) in [7, 11) is 0. The lowest BCUT2D eigenvalue weighted by atomic mass is 10.1. The van der Waals surface area contributed by atoms with E-state index in [2.05, 4.69) is 24.4 Å². The summed E-state index contributed by atoms with van der Waals surface area (Å²) in [5.41, 5.74) is 1.97. The van der Waals surface area contributed by atoms with Gasteiger partial charge in [0.2, 0.25) is 0 Å². The normalized spacial score (nSPS) is 10.3. The predicted molar refractivity (Wildman–Crippen MR) is 74.5 cm³/mol. The topological polar surface area (TPSA) is 49.3 Å². The maximum absolute atomic E-state index is 11.2. The van der Waals surface area contributed by atoms with Gasteiger partial charge in [-0.15, -0.1) is 11.3 Å². The third-order valence-electron chi connectivity index (χ3n) is 2.74. The predicted octanol–water partition coefficient (Wildman–Crippen LogP) is 3.68. The molecule has 0 saturated carbocycles. The fourth-order valence-corrected chi connectivity index (χ4v) is 2.67. The number of hydrogen-bond acceptors (Lipinski definition) is 3. The largest absolute Gasteiger partial charge is 0.478 e. The van der Waals surface area contributed by atoms with Gasteiger partial charge < -0.3 is 10.4 Å². The van der Waals surface area contributed by atoms with Crippen molar-refractivity contribution in [3.05, 3.63) is 51.2 Å². The second-order valence-corrected chi connectivity index (χ2v) is 5.54. The number of carbonyl (C=O) groups is 1. The number of benzene rings is 1. The molecule has 0 unspecified atom stereocenters. The first-order chi connectivity index (χ1) is 8.58. The number of carboxylic acids is 1. The van der Waals surface area contributed by atoms with E-state index in [-0.39, 0.29) is 0 Å². The van der Waals surface area contributed by atoms with Crippen LogP contribution in [0.3, 0.4) is 0 Å². The molecule has 1 heterocycles. The van der Waals surface area contributed by atoms with Crippen LogP contribution in [0.25, 0.3) is 0 Å². The highest BCUT2D eigenvalue weighted by atomic mass is 32.1. The molecule has 4 heteroatoms. The van der Waals surface area contributed by atoms with Gasteiger partial charge in [-0.25, -0.2) is 4.79 Å². The third-order valence-corrected chi connectivity index (χ3v) is 3.74. The van der Waals surface area contributed by atoms with Crippen LogP contribution in [0.4, 0.5) is 5.69 Å². The number of hydrogen-bond donors (Lipinski definition) is 2. The molecule has 18 heavy (non-hydrogen) atoms. The fraction of sp³-hybridized carbons (Fsp3) is 0.214. The molecule has 0 saturated heterocycles. The van der Waals surface area contributed by atoms with E-state index in [9.17, 15) is 4.79 Å². The summed E-state index contributed by atoms with van der Waals surface area (Å²) in [6.07, 6.45) is 0. The third kappa shape index (κ3) is 2.71. The van der Waals surface area contributed by atoms with Crippen molar-refractivity contribution in [3.8, 4) is 0 Å². The van der Waals surface area contributed by atoms with Gasteiger partial charge >= 0.3 is 5.97 Å². The Labute approximate surface area is 110 Å². The van der Waals surface area contributed by atoms with Gasteiger partial charge in [0.25, 0.3) is 0 Å². The van der Waals surface area contributed by atoms with Crippen LogP contribution in [0.2, 0.25) is 0 Å². The lowest BCUT2D eigenvalue weighted by Gasteiger charge is -2.11. The molecule has 3 nitrogen and oxygen atoms in total. The average molecular weight is 261 g/mol. The van der Waals surface area contributed by atoms with Crippen molar-refractivity contribution in [1.29, 1.82) is 0 Å². The van der Waals surface area contributed by atoms with Crippen molar-refractivity contribution in [2.24, 2.45) is 0 Å². The summed E-state index contributed by atoms with van der Waals surface area (Å²) in [6, 6.07) is 9.42. The van der Waals surface area contributed by atoms with E-state index in [0.29, 0.717) is 17.8 Å². The van der Waals surface area contributed by atoms with E-state index in [4.69, 9.17) is 5.11 Å². The summed E-state index contributed by atoms with van der Waals surface area (Å²) in [4.78, 5) is 13.6. The number of anilines is 1. The smallest absolute Gasteiger partial charge is 0.337 e. The SMILES string of the molecule is Cc1ccc(CNc2c(C)cccc2C(=O)O)s1. The van der Waals surface area contributed by atoms with Crippen molar-refractivity contribution in [2.75, 3.05) is 5.32 Å². The molecule has 0 radical (unpaired) electrons. The van der Waals surface area contributed by atoms with E-state index < -0.39 is 5.97 Å². The maximum Gasteiger partial charge on any atom is 0.337 e. The zero-order valence-corrected chi connectivity index (χ0v) is 11.2. The molecule has 2 aromatic rings. The number of rotatable bonds is 4. The van der Waals surface area contributed by atoms with Gasteiger partial charge in [-0.3, -0.25) is 0 Å². The number of nitrogens with one attached hydrogen (secondary N) is 1. The van der Waals surface area contributed by atoms with Crippen LogP contribution >= 0.6 is 11.3 Å². The van der Waals surface area contributed by atoms with E-state index in [1.807, 2.05) is 13.0 Å². The summed E-state index contributed by atoms with van der Waals surface area (Å²) < 4.78 is 0. The van der Waals surface area contributed by atoms with Gasteiger partial charge in [0.15, 0.2) is 0 Å². The molecular weight excluding hydrogens is 246 g/mol. The van der Waals surface area contributed by atoms with Crippen molar-refractivity contribution < 1.29 is 9.90 Å². The first-order valence-corrected chi connectivity index (χ1v) is 6.51. The van der Waals surface area contributed by atoms with E-state index in [1.54, 1.807) is 23.5 Å². The molecule has 0 bridgehead atoms.